The quantitative estimate of drug-likeness (QED) is 0.653. The van der Waals surface area contributed by atoms with Gasteiger partial charge in [0.25, 0.3) is 0 Å². The fraction of sp³-hybridized carbons (Fsp3) is 0.333. The molecule has 0 aliphatic heterocycles. The fourth-order valence-corrected chi connectivity index (χ4v) is 3.16. The predicted octanol–water partition coefficient (Wildman–Crippen LogP) is 3.05. The molecule has 0 aliphatic carbocycles. The zero-order chi connectivity index (χ0) is 17.4. The highest BCUT2D eigenvalue weighted by molar-refractivity contribution is 8.01. The van der Waals surface area contributed by atoms with Crippen LogP contribution in [0.5, 0.6) is 0 Å². The van der Waals surface area contributed by atoms with E-state index in [0.717, 1.165) is 11.7 Å². The molecule has 2 rings (SSSR count). The van der Waals surface area contributed by atoms with E-state index in [9.17, 15) is 9.59 Å². The number of anilines is 2. The first-order valence-electron chi connectivity index (χ1n) is 7.39. The summed E-state index contributed by atoms with van der Waals surface area (Å²) in [6.45, 7) is 5.03. The van der Waals surface area contributed by atoms with Crippen molar-refractivity contribution in [1.29, 1.82) is 0 Å². The van der Waals surface area contributed by atoms with Gasteiger partial charge in [-0.1, -0.05) is 55.1 Å². The predicted molar refractivity (Wildman–Crippen MR) is 97.6 cm³/mol. The molecule has 9 heteroatoms. The molecule has 1 aromatic carbocycles. The molecule has 0 radical (unpaired) electrons. The molecule has 0 atom stereocenters. The SMILES string of the molecule is CC(C)CNc1nnc(SCC(=O)NC(=O)Nc2ccccc2)s1. The molecule has 0 aliphatic rings. The van der Waals surface area contributed by atoms with Crippen LogP contribution in [0, 0.1) is 5.92 Å². The molecular formula is C15H19N5O2S2. The fourth-order valence-electron chi connectivity index (χ4n) is 1.60. The number of carbonyl (C=O) groups is 2. The minimum Gasteiger partial charge on any atom is -0.360 e. The van der Waals surface area contributed by atoms with Gasteiger partial charge in [0, 0.05) is 12.2 Å². The molecule has 2 aromatic rings. The lowest BCUT2D eigenvalue weighted by Gasteiger charge is -2.05. The molecule has 7 nitrogen and oxygen atoms in total. The zero-order valence-electron chi connectivity index (χ0n) is 13.4. The maximum absolute atomic E-state index is 11.8. The monoisotopic (exact) mass is 365 g/mol. The van der Waals surface area contributed by atoms with E-state index < -0.39 is 6.03 Å². The minimum absolute atomic E-state index is 0.0982. The van der Waals surface area contributed by atoms with Gasteiger partial charge >= 0.3 is 6.03 Å². The van der Waals surface area contributed by atoms with Gasteiger partial charge in [0.15, 0.2) is 4.34 Å². The molecule has 1 heterocycles. The first-order chi connectivity index (χ1) is 11.5. The topological polar surface area (TPSA) is 96.0 Å². The van der Waals surface area contributed by atoms with E-state index in [1.165, 1.54) is 23.1 Å². The summed E-state index contributed by atoms with van der Waals surface area (Å²) in [5, 5.41) is 16.8. The first-order valence-corrected chi connectivity index (χ1v) is 9.19. The average molecular weight is 365 g/mol. The summed E-state index contributed by atoms with van der Waals surface area (Å²) in [4.78, 5) is 23.5. The Morgan fingerprint density at radius 2 is 1.96 bits per heavy atom. The second-order valence-corrected chi connectivity index (χ2v) is 7.50. The standard InChI is InChI=1S/C15H19N5O2S2/c1-10(2)8-16-14-19-20-15(24-14)23-9-12(21)18-13(22)17-11-6-4-3-5-7-11/h3-7,10H,8-9H2,1-2H3,(H,16,19)(H2,17,18,21,22). The number of urea groups is 1. The Labute approximate surface area is 148 Å². The number of carbonyl (C=O) groups excluding carboxylic acids is 2. The van der Waals surface area contributed by atoms with E-state index in [1.807, 2.05) is 6.07 Å². The molecule has 0 saturated carbocycles. The van der Waals surface area contributed by atoms with Crippen molar-refractivity contribution in [3.8, 4) is 0 Å². The van der Waals surface area contributed by atoms with E-state index in [2.05, 4.69) is 40.0 Å². The van der Waals surface area contributed by atoms with Gasteiger partial charge in [0.05, 0.1) is 5.75 Å². The molecule has 0 bridgehead atoms. The van der Waals surface area contributed by atoms with Crippen molar-refractivity contribution in [3.63, 3.8) is 0 Å². The third kappa shape index (κ3) is 6.55. The van der Waals surface area contributed by atoms with Gasteiger partial charge in [-0.3, -0.25) is 10.1 Å². The van der Waals surface area contributed by atoms with Crippen molar-refractivity contribution >= 4 is 45.9 Å². The normalized spacial score (nSPS) is 10.5. The number of imide groups is 1. The lowest BCUT2D eigenvalue weighted by molar-refractivity contribution is -0.117. The first kappa shape index (κ1) is 18.2. The number of amides is 3. The second-order valence-electron chi connectivity index (χ2n) is 5.30. The van der Waals surface area contributed by atoms with Crippen molar-refractivity contribution in [2.24, 2.45) is 5.92 Å². The molecule has 24 heavy (non-hydrogen) atoms. The maximum atomic E-state index is 11.8. The van der Waals surface area contributed by atoms with Gasteiger partial charge in [0.1, 0.15) is 0 Å². The largest absolute Gasteiger partial charge is 0.360 e. The third-order valence-corrected chi connectivity index (χ3v) is 4.69. The Hall–Kier alpha value is -2.13. The molecule has 0 unspecified atom stereocenters. The van der Waals surface area contributed by atoms with Crippen molar-refractivity contribution in [3.05, 3.63) is 30.3 Å². The Morgan fingerprint density at radius 1 is 1.21 bits per heavy atom. The number of benzene rings is 1. The van der Waals surface area contributed by atoms with Gasteiger partial charge in [-0.15, -0.1) is 10.2 Å². The Kier molecular flexibility index (Phi) is 7.01. The Bertz CT molecular complexity index is 676. The minimum atomic E-state index is -0.552. The van der Waals surface area contributed by atoms with Crippen LogP contribution < -0.4 is 16.0 Å². The number of thioether (sulfide) groups is 1. The van der Waals surface area contributed by atoms with E-state index in [1.54, 1.807) is 24.3 Å². The van der Waals surface area contributed by atoms with Crippen molar-refractivity contribution < 1.29 is 9.59 Å². The summed E-state index contributed by atoms with van der Waals surface area (Å²) in [7, 11) is 0. The van der Waals surface area contributed by atoms with E-state index in [-0.39, 0.29) is 11.7 Å². The lowest BCUT2D eigenvalue weighted by Crippen LogP contribution is -2.35. The van der Waals surface area contributed by atoms with Crippen LogP contribution in [-0.2, 0) is 4.79 Å². The maximum Gasteiger partial charge on any atom is 0.325 e. The molecule has 3 N–H and O–H groups in total. The highest BCUT2D eigenvalue weighted by atomic mass is 32.2. The van der Waals surface area contributed by atoms with Gasteiger partial charge in [-0.25, -0.2) is 4.79 Å². The van der Waals surface area contributed by atoms with Crippen molar-refractivity contribution in [2.75, 3.05) is 22.9 Å². The summed E-state index contributed by atoms with van der Waals surface area (Å²) in [6, 6.07) is 8.37. The smallest absolute Gasteiger partial charge is 0.325 e. The van der Waals surface area contributed by atoms with Gasteiger partial charge in [-0.05, 0) is 18.1 Å². The van der Waals surface area contributed by atoms with Crippen molar-refractivity contribution in [1.82, 2.24) is 15.5 Å². The third-order valence-electron chi connectivity index (χ3n) is 2.68. The van der Waals surface area contributed by atoms with Crippen molar-refractivity contribution in [2.45, 2.75) is 18.2 Å². The second kappa shape index (κ2) is 9.24. The van der Waals surface area contributed by atoms with Gasteiger partial charge in [0.2, 0.25) is 11.0 Å². The molecule has 128 valence electrons. The van der Waals surface area contributed by atoms with E-state index >= 15 is 0 Å². The van der Waals surface area contributed by atoms with Crippen LogP contribution in [0.25, 0.3) is 0 Å². The van der Waals surface area contributed by atoms with Crippen LogP contribution in [0.2, 0.25) is 0 Å². The zero-order valence-corrected chi connectivity index (χ0v) is 15.0. The van der Waals surface area contributed by atoms with Crippen LogP contribution in [-0.4, -0.2) is 34.4 Å². The summed E-state index contributed by atoms with van der Waals surface area (Å²) in [5.74, 6) is 0.223. The van der Waals surface area contributed by atoms with E-state index in [4.69, 9.17) is 0 Å². The van der Waals surface area contributed by atoms with Crippen LogP contribution in [0.1, 0.15) is 13.8 Å². The number of hydrogen-bond donors (Lipinski definition) is 3. The summed E-state index contributed by atoms with van der Waals surface area (Å²) in [5.41, 5.74) is 0.625. The Morgan fingerprint density at radius 3 is 2.67 bits per heavy atom. The molecule has 1 aromatic heterocycles. The molecule has 0 saturated heterocycles. The lowest BCUT2D eigenvalue weighted by atomic mass is 10.2. The number of rotatable bonds is 7. The number of hydrogen-bond acceptors (Lipinski definition) is 7. The highest BCUT2D eigenvalue weighted by Gasteiger charge is 2.11. The van der Waals surface area contributed by atoms with Gasteiger partial charge in [-0.2, -0.15) is 0 Å². The summed E-state index contributed by atoms with van der Waals surface area (Å²) >= 11 is 2.63. The highest BCUT2D eigenvalue weighted by Crippen LogP contribution is 2.25. The Balaban J connectivity index is 1.72. The summed E-state index contributed by atoms with van der Waals surface area (Å²) in [6.07, 6.45) is 0. The number of aromatic nitrogens is 2. The van der Waals surface area contributed by atoms with Gasteiger partial charge < -0.3 is 10.6 Å². The molecule has 0 spiro atoms. The summed E-state index contributed by atoms with van der Waals surface area (Å²) < 4.78 is 0.680. The number of nitrogens with zero attached hydrogens (tertiary/aromatic N) is 2. The van der Waals surface area contributed by atoms with E-state index in [0.29, 0.717) is 15.9 Å². The number of nitrogens with one attached hydrogen (secondary N) is 3. The molecule has 3 amide bonds. The van der Waals surface area contributed by atoms with Crippen LogP contribution in [0.15, 0.2) is 34.7 Å². The number of para-hydroxylation sites is 1. The van der Waals surface area contributed by atoms with Crippen LogP contribution >= 0.6 is 23.1 Å². The molecule has 0 fully saturated rings. The van der Waals surface area contributed by atoms with Crippen LogP contribution in [0.4, 0.5) is 15.6 Å². The average Bonchev–Trinajstić information content (AvgIpc) is 3.00. The van der Waals surface area contributed by atoms with Crippen LogP contribution in [0.3, 0.4) is 0 Å². The molecular weight excluding hydrogens is 346 g/mol.